The molecule has 12 heteroatoms. The van der Waals surface area contributed by atoms with Crippen molar-refractivity contribution in [2.75, 3.05) is 47.9 Å². The number of aromatic nitrogens is 2. The van der Waals surface area contributed by atoms with E-state index < -0.39 is 15.8 Å². The van der Waals surface area contributed by atoms with E-state index in [2.05, 4.69) is 20.2 Å². The number of alkyl halides is 2. The molecule has 5 aliphatic heterocycles. The Morgan fingerprint density at radius 3 is 2.49 bits per heavy atom. The van der Waals surface area contributed by atoms with Gasteiger partial charge < -0.3 is 15.1 Å². The number of sulfone groups is 1. The summed E-state index contributed by atoms with van der Waals surface area (Å²) in [6.07, 6.45) is 7.05. The molecule has 2 fully saturated rings. The lowest BCUT2D eigenvalue weighted by atomic mass is 9.89. The number of benzene rings is 1. The van der Waals surface area contributed by atoms with Gasteiger partial charge in [0, 0.05) is 43.7 Å². The molecule has 2 saturated heterocycles. The second-order valence-corrected chi connectivity index (χ2v) is 15.1. The molecular weight excluding hydrogens is 574 g/mol. The summed E-state index contributed by atoms with van der Waals surface area (Å²) < 4.78 is 55.1. The van der Waals surface area contributed by atoms with Crippen molar-refractivity contribution >= 4 is 27.5 Å². The smallest absolute Gasteiger partial charge is 0.326 e. The molecule has 0 saturated carbocycles. The maximum Gasteiger partial charge on any atom is 0.326 e. The molecular formula is C31H42F2N6O3S. The van der Waals surface area contributed by atoms with Crippen LogP contribution in [0, 0.1) is 5.92 Å². The third kappa shape index (κ3) is 6.64. The van der Waals surface area contributed by atoms with Gasteiger partial charge in [0.1, 0.15) is 27.8 Å². The van der Waals surface area contributed by atoms with E-state index in [9.17, 15) is 13.2 Å². The summed E-state index contributed by atoms with van der Waals surface area (Å²) >= 11 is 0. The van der Waals surface area contributed by atoms with Crippen LogP contribution in [0.2, 0.25) is 0 Å². The summed E-state index contributed by atoms with van der Waals surface area (Å²) in [5.41, 5.74) is 1.52. The highest BCUT2D eigenvalue weighted by Gasteiger charge is 2.41. The van der Waals surface area contributed by atoms with Crippen molar-refractivity contribution in [3.63, 3.8) is 0 Å². The van der Waals surface area contributed by atoms with Gasteiger partial charge in [0.25, 0.3) is 5.92 Å². The highest BCUT2D eigenvalue weighted by molar-refractivity contribution is 7.91. The Balaban J connectivity index is 1.30. The molecule has 43 heavy (non-hydrogen) atoms. The Morgan fingerprint density at radius 1 is 1.00 bits per heavy atom. The molecule has 0 radical (unpaired) electrons. The normalized spacial score (nSPS) is 28.3. The van der Waals surface area contributed by atoms with Crippen molar-refractivity contribution in [2.45, 2.75) is 82.8 Å². The number of rotatable bonds is 1. The molecule has 7 rings (SSSR count). The van der Waals surface area contributed by atoms with Gasteiger partial charge in [-0.05, 0) is 56.7 Å². The SMILES string of the molecule is C[C@H]1Nc2ncnc3c2CN(C2CCS(=O)(=O)CC2)C(=O)N3CCCCCCCN2CC(C2)CC(F)(F)c2cccc1c2. The van der Waals surface area contributed by atoms with E-state index in [0.29, 0.717) is 31.0 Å². The predicted molar refractivity (Wildman–Crippen MR) is 162 cm³/mol. The summed E-state index contributed by atoms with van der Waals surface area (Å²) in [4.78, 5) is 28.7. The number of anilines is 2. The quantitative estimate of drug-likeness (QED) is 0.462. The van der Waals surface area contributed by atoms with Crippen LogP contribution in [-0.4, -0.2) is 77.9 Å². The summed E-state index contributed by atoms with van der Waals surface area (Å²) in [6.45, 7) is 5.09. The van der Waals surface area contributed by atoms with Crippen molar-refractivity contribution in [3.8, 4) is 0 Å². The van der Waals surface area contributed by atoms with Gasteiger partial charge in [-0.2, -0.15) is 0 Å². The van der Waals surface area contributed by atoms with Crippen LogP contribution < -0.4 is 10.2 Å². The average molecular weight is 617 g/mol. The lowest BCUT2D eigenvalue weighted by molar-refractivity contribution is -0.0568. The van der Waals surface area contributed by atoms with E-state index in [-0.39, 0.29) is 54.1 Å². The molecule has 2 aromatic rings. The molecule has 6 heterocycles. The van der Waals surface area contributed by atoms with E-state index in [1.165, 1.54) is 12.4 Å². The molecule has 1 N–H and O–H groups in total. The summed E-state index contributed by atoms with van der Waals surface area (Å²) in [5, 5.41) is 3.43. The lowest BCUT2D eigenvalue weighted by Crippen LogP contribution is -2.53. The third-order valence-corrected chi connectivity index (χ3v) is 11.3. The molecule has 0 spiro atoms. The number of hydrogen-bond donors (Lipinski definition) is 1. The van der Waals surface area contributed by atoms with Crippen molar-refractivity contribution in [1.82, 2.24) is 19.8 Å². The molecule has 1 aromatic heterocycles. The second kappa shape index (κ2) is 12.3. The zero-order valence-electron chi connectivity index (χ0n) is 24.9. The zero-order valence-corrected chi connectivity index (χ0v) is 25.7. The Kier molecular flexibility index (Phi) is 8.61. The standard InChI is InChI=1S/C31H42F2N6O3S/c1-22-24-8-7-9-25(16-24)31(32,33)17-23-18-37(19-23)12-5-3-2-4-6-13-38-29-27(28(36-22)34-21-35-29)20-39(30(38)40)26-10-14-43(41,42)15-11-26/h7-9,16,21-23,26H,2-6,10-15,17-20H2,1H3,(H,34,35,36)/t22-/m1/s1. The molecule has 2 amide bonds. The maximum absolute atomic E-state index is 15.4. The molecule has 1 aromatic carbocycles. The number of hydrogen-bond acceptors (Lipinski definition) is 7. The summed E-state index contributed by atoms with van der Waals surface area (Å²) in [5.74, 6) is -1.65. The van der Waals surface area contributed by atoms with Crippen LogP contribution in [0.5, 0.6) is 0 Å². The van der Waals surface area contributed by atoms with Gasteiger partial charge in [0.15, 0.2) is 0 Å². The molecule has 9 nitrogen and oxygen atoms in total. The van der Waals surface area contributed by atoms with E-state index in [1.54, 1.807) is 21.9 Å². The topological polar surface area (TPSA) is 98.7 Å². The largest absolute Gasteiger partial charge is 0.363 e. The number of fused-ring (bicyclic) bond motifs is 8. The van der Waals surface area contributed by atoms with Gasteiger partial charge in [-0.1, -0.05) is 37.5 Å². The van der Waals surface area contributed by atoms with Gasteiger partial charge in [0.2, 0.25) is 0 Å². The first kappa shape index (κ1) is 30.2. The molecule has 8 bridgehead atoms. The zero-order chi connectivity index (χ0) is 30.2. The van der Waals surface area contributed by atoms with Gasteiger partial charge >= 0.3 is 6.03 Å². The Hall–Kier alpha value is -2.86. The Morgan fingerprint density at radius 2 is 1.72 bits per heavy atom. The van der Waals surface area contributed by atoms with Gasteiger partial charge in [-0.15, -0.1) is 0 Å². The number of halogens is 2. The Labute approximate surface area is 253 Å². The van der Waals surface area contributed by atoms with Gasteiger partial charge in [-0.25, -0.2) is 32.0 Å². The van der Waals surface area contributed by atoms with Crippen LogP contribution in [0.4, 0.5) is 25.2 Å². The third-order valence-electron chi connectivity index (χ3n) is 9.54. The maximum atomic E-state index is 15.4. The number of nitrogens with one attached hydrogen (secondary N) is 1. The molecule has 0 unspecified atom stereocenters. The number of carbonyl (C=O) groups excluding carboxylic acids is 1. The fourth-order valence-electron chi connectivity index (χ4n) is 6.99. The van der Waals surface area contributed by atoms with Crippen LogP contribution in [-0.2, 0) is 22.3 Å². The van der Waals surface area contributed by atoms with E-state index in [4.69, 9.17) is 0 Å². The first-order valence-corrected chi connectivity index (χ1v) is 17.5. The van der Waals surface area contributed by atoms with Crippen molar-refractivity contribution in [1.29, 1.82) is 0 Å². The van der Waals surface area contributed by atoms with Crippen LogP contribution in [0.15, 0.2) is 30.6 Å². The minimum absolute atomic E-state index is 0.00246. The van der Waals surface area contributed by atoms with E-state index in [0.717, 1.165) is 62.9 Å². The minimum Gasteiger partial charge on any atom is -0.363 e. The highest BCUT2D eigenvalue weighted by Crippen LogP contribution is 2.39. The number of amides is 2. The van der Waals surface area contributed by atoms with Crippen molar-refractivity contribution in [3.05, 3.63) is 47.3 Å². The van der Waals surface area contributed by atoms with Crippen LogP contribution in [0.1, 0.15) is 81.0 Å². The number of carbonyl (C=O) groups is 1. The van der Waals surface area contributed by atoms with Gasteiger partial charge in [-0.3, -0.25) is 4.90 Å². The van der Waals surface area contributed by atoms with Crippen molar-refractivity contribution in [2.24, 2.45) is 5.92 Å². The average Bonchev–Trinajstić information content (AvgIpc) is 2.96. The monoisotopic (exact) mass is 616 g/mol. The van der Waals surface area contributed by atoms with Crippen LogP contribution in [0.3, 0.4) is 0 Å². The summed E-state index contributed by atoms with van der Waals surface area (Å²) in [6, 6.07) is 5.98. The first-order chi connectivity index (χ1) is 20.6. The Bertz CT molecular complexity index is 1420. The van der Waals surface area contributed by atoms with Crippen LogP contribution in [0.25, 0.3) is 0 Å². The number of nitrogens with zero attached hydrogens (tertiary/aromatic N) is 5. The van der Waals surface area contributed by atoms with Gasteiger partial charge in [0.05, 0.1) is 23.6 Å². The second-order valence-electron chi connectivity index (χ2n) is 12.8. The highest BCUT2D eigenvalue weighted by atomic mass is 32.2. The molecule has 1 atom stereocenters. The van der Waals surface area contributed by atoms with E-state index in [1.807, 2.05) is 13.0 Å². The fourth-order valence-corrected chi connectivity index (χ4v) is 8.46. The lowest BCUT2D eigenvalue weighted by Gasteiger charge is -2.42. The minimum atomic E-state index is -3.09. The molecule has 5 aliphatic rings. The van der Waals surface area contributed by atoms with Crippen LogP contribution >= 0.6 is 0 Å². The molecule has 0 aliphatic carbocycles. The fraction of sp³-hybridized carbons (Fsp3) is 0.645. The predicted octanol–water partition coefficient (Wildman–Crippen LogP) is 5.35. The summed E-state index contributed by atoms with van der Waals surface area (Å²) in [7, 11) is -3.09. The van der Waals surface area contributed by atoms with Crippen molar-refractivity contribution < 1.29 is 22.0 Å². The van der Waals surface area contributed by atoms with E-state index >= 15 is 8.78 Å². The molecule has 234 valence electrons. The number of urea groups is 1. The first-order valence-electron chi connectivity index (χ1n) is 15.7.